The van der Waals surface area contributed by atoms with Crippen LogP contribution in [0, 0.1) is 16.0 Å². The van der Waals surface area contributed by atoms with Crippen molar-refractivity contribution in [1.82, 2.24) is 24.5 Å². The average Bonchev–Trinajstić information content (AvgIpc) is 3.22. The molecule has 0 atom stereocenters. The zero-order chi connectivity index (χ0) is 23.3. The number of hydrogen-bond acceptors (Lipinski definition) is 8. The number of fused-ring (bicyclic) bond motifs is 2. The van der Waals surface area contributed by atoms with Crippen molar-refractivity contribution in [3.8, 4) is 11.4 Å². The predicted molar refractivity (Wildman–Crippen MR) is 119 cm³/mol. The lowest BCUT2D eigenvalue weighted by atomic mass is 9.86. The SMILES string of the molecule is Nc1ncnc2c1nc(-c1cc3ccc([N+](=O)[O-])cc3[nH]1)c(=O)n2C1CCC(C(=O)O)CC1. The third kappa shape index (κ3) is 3.45. The third-order valence-electron chi connectivity index (χ3n) is 6.19. The number of aliphatic carboxylic acids is 1. The summed E-state index contributed by atoms with van der Waals surface area (Å²) in [5, 5.41) is 21.1. The smallest absolute Gasteiger partial charge is 0.306 e. The molecule has 1 aromatic carbocycles. The van der Waals surface area contributed by atoms with Gasteiger partial charge in [-0.15, -0.1) is 0 Å². The number of hydrogen-bond donors (Lipinski definition) is 3. The Kier molecular flexibility index (Phi) is 4.77. The number of H-pyrrole nitrogens is 1. The van der Waals surface area contributed by atoms with Gasteiger partial charge in [0.25, 0.3) is 11.2 Å². The standard InChI is InChI=1S/C21H19N7O5/c22-18-17-19(24-9-23-18)27(12-4-1-10(2-5-12)21(30)31)20(29)16(26-17)15-7-11-3-6-13(28(32)33)8-14(11)25-15/h3,6-10,12,25H,1-2,4-5H2,(H,30,31)(H2,22,23,24). The van der Waals surface area contributed by atoms with Crippen LogP contribution in [0.4, 0.5) is 11.5 Å². The first-order valence-corrected chi connectivity index (χ1v) is 10.4. The molecule has 12 heteroatoms. The fourth-order valence-corrected chi connectivity index (χ4v) is 4.49. The molecule has 12 nitrogen and oxygen atoms in total. The summed E-state index contributed by atoms with van der Waals surface area (Å²) in [4.78, 5) is 51.3. The normalized spacial score (nSPS) is 18.5. The molecule has 4 N–H and O–H groups in total. The van der Waals surface area contributed by atoms with Gasteiger partial charge in [0, 0.05) is 23.6 Å². The Morgan fingerprint density at radius 2 is 1.97 bits per heavy atom. The number of carboxylic acids is 1. The van der Waals surface area contributed by atoms with E-state index in [4.69, 9.17) is 5.73 Å². The highest BCUT2D eigenvalue weighted by Crippen LogP contribution is 2.34. The van der Waals surface area contributed by atoms with Gasteiger partial charge in [0.2, 0.25) is 0 Å². The van der Waals surface area contributed by atoms with Crippen LogP contribution < -0.4 is 11.3 Å². The van der Waals surface area contributed by atoms with E-state index in [0.717, 1.165) is 0 Å². The second-order valence-electron chi connectivity index (χ2n) is 8.12. The number of rotatable bonds is 4. The van der Waals surface area contributed by atoms with Crippen LogP contribution in [-0.4, -0.2) is 40.5 Å². The average molecular weight is 449 g/mol. The van der Waals surface area contributed by atoms with Crippen molar-refractivity contribution in [1.29, 1.82) is 0 Å². The quantitative estimate of drug-likeness (QED) is 0.311. The minimum absolute atomic E-state index is 0.0763. The Hall–Kier alpha value is -4.35. The Morgan fingerprint density at radius 1 is 1.21 bits per heavy atom. The van der Waals surface area contributed by atoms with Crippen LogP contribution in [0.1, 0.15) is 31.7 Å². The van der Waals surface area contributed by atoms with Crippen molar-refractivity contribution in [2.45, 2.75) is 31.7 Å². The number of nitrogens with zero attached hydrogens (tertiary/aromatic N) is 5. The van der Waals surface area contributed by atoms with E-state index in [1.54, 1.807) is 12.1 Å². The number of carbonyl (C=O) groups is 1. The number of nitro groups is 1. The van der Waals surface area contributed by atoms with E-state index in [2.05, 4.69) is 19.9 Å². The molecule has 1 saturated carbocycles. The van der Waals surface area contributed by atoms with Crippen molar-refractivity contribution in [3.63, 3.8) is 0 Å². The Bertz CT molecular complexity index is 1480. The van der Waals surface area contributed by atoms with Gasteiger partial charge in [-0.05, 0) is 37.8 Å². The highest BCUT2D eigenvalue weighted by molar-refractivity contribution is 5.88. The summed E-state index contributed by atoms with van der Waals surface area (Å²) in [5.41, 5.74) is 7.09. The lowest BCUT2D eigenvalue weighted by molar-refractivity contribution is -0.384. The molecule has 3 aromatic heterocycles. The Balaban J connectivity index is 1.68. The summed E-state index contributed by atoms with van der Waals surface area (Å²) in [6, 6.07) is 5.80. The molecule has 168 valence electrons. The number of carboxylic acid groups (broad SMARTS) is 1. The molecule has 0 aliphatic heterocycles. The summed E-state index contributed by atoms with van der Waals surface area (Å²) in [5.74, 6) is -1.16. The molecule has 5 rings (SSSR count). The molecule has 0 unspecified atom stereocenters. The largest absolute Gasteiger partial charge is 0.481 e. The molecule has 1 aliphatic rings. The number of aromatic amines is 1. The second-order valence-corrected chi connectivity index (χ2v) is 8.12. The molecule has 0 amide bonds. The van der Waals surface area contributed by atoms with Crippen molar-refractivity contribution in [3.05, 3.63) is 51.1 Å². The number of benzene rings is 1. The Morgan fingerprint density at radius 3 is 2.67 bits per heavy atom. The summed E-state index contributed by atoms with van der Waals surface area (Å²) in [6.45, 7) is 0. The fourth-order valence-electron chi connectivity index (χ4n) is 4.49. The van der Waals surface area contributed by atoms with Crippen LogP contribution in [0.3, 0.4) is 0 Å². The molecule has 1 fully saturated rings. The van der Waals surface area contributed by atoms with Crippen LogP contribution in [0.5, 0.6) is 0 Å². The van der Waals surface area contributed by atoms with E-state index in [0.29, 0.717) is 47.9 Å². The Labute approximate surface area is 185 Å². The molecule has 0 saturated heterocycles. The van der Waals surface area contributed by atoms with Gasteiger partial charge in [0.1, 0.15) is 11.8 Å². The molecule has 1 aliphatic carbocycles. The summed E-state index contributed by atoms with van der Waals surface area (Å²) >= 11 is 0. The topological polar surface area (TPSA) is 183 Å². The van der Waals surface area contributed by atoms with Crippen LogP contribution in [-0.2, 0) is 4.79 Å². The van der Waals surface area contributed by atoms with Gasteiger partial charge < -0.3 is 15.8 Å². The van der Waals surface area contributed by atoms with E-state index in [9.17, 15) is 24.8 Å². The maximum atomic E-state index is 13.6. The van der Waals surface area contributed by atoms with E-state index in [-0.39, 0.29) is 28.8 Å². The molecule has 0 bridgehead atoms. The van der Waals surface area contributed by atoms with Gasteiger partial charge in [-0.2, -0.15) is 0 Å². The monoisotopic (exact) mass is 449 g/mol. The van der Waals surface area contributed by atoms with Crippen LogP contribution in [0.2, 0.25) is 0 Å². The lowest BCUT2D eigenvalue weighted by Gasteiger charge is -2.28. The van der Waals surface area contributed by atoms with Crippen molar-refractivity contribution in [2.24, 2.45) is 5.92 Å². The number of nitrogen functional groups attached to an aromatic ring is 1. The molecule has 0 spiro atoms. The minimum Gasteiger partial charge on any atom is -0.481 e. The maximum Gasteiger partial charge on any atom is 0.306 e. The molecule has 3 heterocycles. The van der Waals surface area contributed by atoms with Crippen LogP contribution >= 0.6 is 0 Å². The van der Waals surface area contributed by atoms with E-state index in [1.165, 1.54) is 23.0 Å². The highest BCUT2D eigenvalue weighted by Gasteiger charge is 2.30. The lowest BCUT2D eigenvalue weighted by Crippen LogP contribution is -2.32. The summed E-state index contributed by atoms with van der Waals surface area (Å²) in [7, 11) is 0. The number of nitrogens with one attached hydrogen (secondary N) is 1. The first-order chi connectivity index (χ1) is 15.8. The maximum absolute atomic E-state index is 13.6. The van der Waals surface area contributed by atoms with E-state index >= 15 is 0 Å². The van der Waals surface area contributed by atoms with Gasteiger partial charge in [0.15, 0.2) is 17.2 Å². The fraction of sp³-hybridized carbons (Fsp3) is 0.286. The van der Waals surface area contributed by atoms with Crippen molar-refractivity contribution >= 4 is 39.5 Å². The minimum atomic E-state index is -0.834. The summed E-state index contributed by atoms with van der Waals surface area (Å²) in [6.07, 6.45) is 3.15. The van der Waals surface area contributed by atoms with Crippen molar-refractivity contribution in [2.75, 3.05) is 5.73 Å². The number of non-ortho nitro benzene ring substituents is 1. The number of aromatic nitrogens is 5. The van der Waals surface area contributed by atoms with E-state index in [1.807, 2.05) is 0 Å². The van der Waals surface area contributed by atoms with Gasteiger partial charge in [-0.1, -0.05) is 0 Å². The third-order valence-corrected chi connectivity index (χ3v) is 6.19. The number of nitro benzene ring substituents is 1. The molecular formula is C21H19N7O5. The van der Waals surface area contributed by atoms with Crippen LogP contribution in [0.15, 0.2) is 35.4 Å². The number of nitrogens with two attached hydrogens (primary N) is 1. The molecule has 0 radical (unpaired) electrons. The highest BCUT2D eigenvalue weighted by atomic mass is 16.6. The molecule has 4 aromatic rings. The number of anilines is 1. The molecular weight excluding hydrogens is 430 g/mol. The predicted octanol–water partition coefficient (Wildman–Crippen LogP) is 2.64. The summed E-state index contributed by atoms with van der Waals surface area (Å²) < 4.78 is 1.53. The van der Waals surface area contributed by atoms with Gasteiger partial charge in [-0.3, -0.25) is 24.3 Å². The van der Waals surface area contributed by atoms with Crippen molar-refractivity contribution < 1.29 is 14.8 Å². The molecule has 33 heavy (non-hydrogen) atoms. The van der Waals surface area contributed by atoms with Crippen LogP contribution in [0.25, 0.3) is 33.5 Å². The second kappa shape index (κ2) is 7.65. The van der Waals surface area contributed by atoms with Gasteiger partial charge in [0.05, 0.1) is 22.1 Å². The zero-order valence-corrected chi connectivity index (χ0v) is 17.3. The van der Waals surface area contributed by atoms with Gasteiger partial charge in [-0.25, -0.2) is 15.0 Å². The van der Waals surface area contributed by atoms with E-state index < -0.39 is 22.4 Å². The zero-order valence-electron chi connectivity index (χ0n) is 17.3. The first-order valence-electron chi connectivity index (χ1n) is 10.4. The van der Waals surface area contributed by atoms with Gasteiger partial charge >= 0.3 is 5.97 Å². The first kappa shape index (κ1) is 20.5.